The molecule has 0 radical (unpaired) electrons. The zero-order valence-electron chi connectivity index (χ0n) is 13.1. The topological polar surface area (TPSA) is 24.9 Å². The molecule has 2 nitrogen and oxygen atoms in total. The first-order chi connectivity index (χ1) is 9.47. The van der Waals surface area contributed by atoms with Crippen molar-refractivity contribution in [3.63, 3.8) is 0 Å². The Kier molecular flexibility index (Phi) is 4.56. The van der Waals surface area contributed by atoms with Gasteiger partial charge in [0, 0.05) is 17.4 Å². The van der Waals surface area contributed by atoms with Crippen molar-refractivity contribution in [3.8, 4) is 0 Å². The first-order valence-corrected chi connectivity index (χ1v) is 7.17. The fraction of sp³-hybridized carbons (Fsp3) is 0.389. The minimum Gasteiger partial charge on any atom is -0.313 e. The second kappa shape index (κ2) is 6.19. The van der Waals surface area contributed by atoms with Crippen molar-refractivity contribution in [2.75, 3.05) is 7.05 Å². The molecule has 1 atom stereocenters. The Balaban J connectivity index is 2.28. The molecule has 0 aliphatic carbocycles. The summed E-state index contributed by atoms with van der Waals surface area (Å²) in [6.07, 6.45) is 1.00. The summed E-state index contributed by atoms with van der Waals surface area (Å²) in [5.41, 5.74) is 7.53. The van der Waals surface area contributed by atoms with E-state index in [0.29, 0.717) is 6.04 Å². The normalized spacial score (nSPS) is 12.4. The predicted octanol–water partition coefficient (Wildman–Crippen LogP) is 3.82. The molecular formula is C18H24N2. The van der Waals surface area contributed by atoms with Crippen molar-refractivity contribution in [1.82, 2.24) is 10.3 Å². The Bertz CT molecular complexity index is 562. The van der Waals surface area contributed by atoms with Crippen LogP contribution >= 0.6 is 0 Å². The highest BCUT2D eigenvalue weighted by Crippen LogP contribution is 2.21. The van der Waals surface area contributed by atoms with Crippen LogP contribution in [-0.2, 0) is 6.42 Å². The summed E-state index contributed by atoms with van der Waals surface area (Å²) >= 11 is 0. The summed E-state index contributed by atoms with van der Waals surface area (Å²) in [4.78, 5) is 4.46. The second-order valence-electron chi connectivity index (χ2n) is 5.72. The molecule has 0 saturated carbocycles. The Morgan fingerprint density at radius 2 is 1.45 bits per heavy atom. The number of aryl methyl sites for hydroxylation is 4. The molecule has 20 heavy (non-hydrogen) atoms. The van der Waals surface area contributed by atoms with E-state index in [1.807, 2.05) is 7.05 Å². The van der Waals surface area contributed by atoms with Gasteiger partial charge < -0.3 is 5.32 Å². The maximum Gasteiger partial charge on any atom is 0.0379 e. The SMILES string of the molecule is CNC(Cc1cc(C)cc(C)c1)c1cc(C)nc(C)c1. The van der Waals surface area contributed by atoms with Gasteiger partial charge in [-0.25, -0.2) is 0 Å². The van der Waals surface area contributed by atoms with Gasteiger partial charge in [-0.3, -0.25) is 4.98 Å². The molecule has 0 amide bonds. The summed E-state index contributed by atoms with van der Waals surface area (Å²) in [7, 11) is 2.03. The molecule has 2 heteroatoms. The largest absolute Gasteiger partial charge is 0.313 e. The number of aromatic nitrogens is 1. The van der Waals surface area contributed by atoms with E-state index in [0.717, 1.165) is 17.8 Å². The maximum absolute atomic E-state index is 4.46. The van der Waals surface area contributed by atoms with Gasteiger partial charge in [-0.05, 0) is 64.4 Å². The molecule has 1 unspecified atom stereocenters. The van der Waals surface area contributed by atoms with E-state index in [2.05, 4.69) is 68.3 Å². The molecule has 0 saturated heterocycles. The van der Waals surface area contributed by atoms with Gasteiger partial charge in [0.05, 0.1) is 0 Å². The van der Waals surface area contributed by atoms with Crippen molar-refractivity contribution < 1.29 is 0 Å². The van der Waals surface area contributed by atoms with Crippen molar-refractivity contribution >= 4 is 0 Å². The van der Waals surface area contributed by atoms with E-state index in [1.54, 1.807) is 0 Å². The van der Waals surface area contributed by atoms with Crippen LogP contribution in [0.4, 0.5) is 0 Å². The Labute approximate surface area is 122 Å². The van der Waals surface area contributed by atoms with Gasteiger partial charge in [-0.2, -0.15) is 0 Å². The van der Waals surface area contributed by atoms with Crippen molar-refractivity contribution in [2.45, 2.75) is 40.2 Å². The van der Waals surface area contributed by atoms with Gasteiger partial charge in [-0.1, -0.05) is 29.3 Å². The predicted molar refractivity (Wildman–Crippen MR) is 85.1 cm³/mol. The third-order valence-corrected chi connectivity index (χ3v) is 3.58. The maximum atomic E-state index is 4.46. The third-order valence-electron chi connectivity index (χ3n) is 3.58. The van der Waals surface area contributed by atoms with E-state index in [-0.39, 0.29) is 0 Å². The molecule has 106 valence electrons. The Morgan fingerprint density at radius 1 is 0.900 bits per heavy atom. The van der Waals surface area contributed by atoms with E-state index < -0.39 is 0 Å². The molecule has 0 bridgehead atoms. The Hall–Kier alpha value is -1.67. The number of nitrogens with zero attached hydrogens (tertiary/aromatic N) is 1. The van der Waals surface area contributed by atoms with Crippen molar-refractivity contribution in [1.29, 1.82) is 0 Å². The number of pyridine rings is 1. The monoisotopic (exact) mass is 268 g/mol. The van der Waals surface area contributed by atoms with Crippen molar-refractivity contribution in [2.24, 2.45) is 0 Å². The van der Waals surface area contributed by atoms with Crippen LogP contribution in [0.15, 0.2) is 30.3 Å². The number of nitrogens with one attached hydrogen (secondary N) is 1. The molecule has 1 heterocycles. The van der Waals surface area contributed by atoms with E-state index in [9.17, 15) is 0 Å². The average molecular weight is 268 g/mol. The lowest BCUT2D eigenvalue weighted by atomic mass is 9.96. The molecule has 0 aliphatic heterocycles. The average Bonchev–Trinajstić information content (AvgIpc) is 2.33. The van der Waals surface area contributed by atoms with E-state index >= 15 is 0 Å². The first kappa shape index (κ1) is 14.7. The van der Waals surface area contributed by atoms with Gasteiger partial charge >= 0.3 is 0 Å². The third kappa shape index (κ3) is 3.67. The minimum atomic E-state index is 0.330. The lowest BCUT2D eigenvalue weighted by Gasteiger charge is -2.18. The summed E-state index contributed by atoms with van der Waals surface area (Å²) in [6.45, 7) is 8.43. The second-order valence-corrected chi connectivity index (χ2v) is 5.72. The van der Waals surface area contributed by atoms with Crippen LogP contribution in [0.2, 0.25) is 0 Å². The van der Waals surface area contributed by atoms with E-state index in [1.165, 1.54) is 22.3 Å². The molecule has 0 spiro atoms. The van der Waals surface area contributed by atoms with Gasteiger partial charge in [0.25, 0.3) is 0 Å². The number of likely N-dealkylation sites (N-methyl/N-ethyl adjacent to an activating group) is 1. The molecule has 1 aromatic carbocycles. The fourth-order valence-corrected chi connectivity index (χ4v) is 2.88. The van der Waals surface area contributed by atoms with Crippen LogP contribution in [0.1, 0.15) is 39.7 Å². The number of hydrogen-bond donors (Lipinski definition) is 1. The number of rotatable bonds is 4. The number of benzene rings is 1. The van der Waals surface area contributed by atoms with Gasteiger partial charge in [-0.15, -0.1) is 0 Å². The summed E-state index contributed by atoms with van der Waals surface area (Å²) in [5, 5.41) is 3.43. The van der Waals surface area contributed by atoms with Crippen molar-refractivity contribution in [3.05, 3.63) is 64.0 Å². The van der Waals surface area contributed by atoms with Crippen LogP contribution in [0.5, 0.6) is 0 Å². The molecule has 2 aromatic rings. The van der Waals surface area contributed by atoms with Gasteiger partial charge in [0.2, 0.25) is 0 Å². The summed E-state index contributed by atoms with van der Waals surface area (Å²) < 4.78 is 0. The smallest absolute Gasteiger partial charge is 0.0379 e. The molecule has 1 aromatic heterocycles. The fourth-order valence-electron chi connectivity index (χ4n) is 2.88. The summed E-state index contributed by atoms with van der Waals surface area (Å²) in [6, 6.07) is 11.5. The van der Waals surface area contributed by atoms with Crippen LogP contribution in [0.3, 0.4) is 0 Å². The highest BCUT2D eigenvalue weighted by atomic mass is 14.9. The quantitative estimate of drug-likeness (QED) is 0.912. The molecule has 1 N–H and O–H groups in total. The van der Waals surface area contributed by atoms with Crippen LogP contribution in [-0.4, -0.2) is 12.0 Å². The zero-order chi connectivity index (χ0) is 14.7. The van der Waals surface area contributed by atoms with Gasteiger partial charge in [0.15, 0.2) is 0 Å². The van der Waals surface area contributed by atoms with Gasteiger partial charge in [0.1, 0.15) is 0 Å². The minimum absolute atomic E-state index is 0.330. The van der Waals surface area contributed by atoms with Crippen LogP contribution in [0, 0.1) is 27.7 Å². The molecule has 2 rings (SSSR count). The standard InChI is InChI=1S/C18H24N2/c1-12-6-13(2)8-16(7-12)11-18(19-5)17-9-14(3)20-15(4)10-17/h6-10,18-19H,11H2,1-5H3. The highest BCUT2D eigenvalue weighted by molar-refractivity contribution is 5.31. The molecule has 0 aliphatic rings. The molecular weight excluding hydrogens is 244 g/mol. The zero-order valence-corrected chi connectivity index (χ0v) is 13.1. The summed E-state index contributed by atoms with van der Waals surface area (Å²) in [5.74, 6) is 0. The van der Waals surface area contributed by atoms with Crippen LogP contribution < -0.4 is 5.32 Å². The number of hydrogen-bond acceptors (Lipinski definition) is 2. The highest BCUT2D eigenvalue weighted by Gasteiger charge is 2.12. The van der Waals surface area contributed by atoms with Crippen LogP contribution in [0.25, 0.3) is 0 Å². The van der Waals surface area contributed by atoms with E-state index in [4.69, 9.17) is 0 Å². The lowest BCUT2D eigenvalue weighted by Crippen LogP contribution is -2.19. The Morgan fingerprint density at radius 3 is 1.95 bits per heavy atom. The first-order valence-electron chi connectivity index (χ1n) is 7.17. The molecule has 0 fully saturated rings. The lowest BCUT2D eigenvalue weighted by molar-refractivity contribution is 0.590.